The van der Waals surface area contributed by atoms with Crippen molar-refractivity contribution in [3.05, 3.63) is 29.6 Å². The maximum absolute atomic E-state index is 12.5. The zero-order chi connectivity index (χ0) is 14.5. The number of hydrogen-bond donors (Lipinski definition) is 1. The number of carbonyl (C=O) groups excluding carboxylic acids is 1. The van der Waals surface area contributed by atoms with Gasteiger partial charge < -0.3 is 15.0 Å². The Bertz CT molecular complexity index is 461. The highest BCUT2D eigenvalue weighted by molar-refractivity contribution is 5.93. The quantitative estimate of drug-likeness (QED) is 0.901. The molecule has 3 rings (SSSR count). The fourth-order valence-corrected chi connectivity index (χ4v) is 2.93. The first-order valence-corrected chi connectivity index (χ1v) is 7.92. The van der Waals surface area contributed by atoms with Gasteiger partial charge in [-0.25, -0.2) is 0 Å². The third kappa shape index (κ3) is 3.60. The summed E-state index contributed by atoms with van der Waals surface area (Å²) >= 11 is 0. The van der Waals surface area contributed by atoms with Crippen molar-refractivity contribution in [3.63, 3.8) is 0 Å². The molecular weight excluding hydrogens is 266 g/mol. The Morgan fingerprint density at radius 3 is 2.67 bits per heavy atom. The van der Waals surface area contributed by atoms with E-state index in [-0.39, 0.29) is 12.0 Å². The number of morpholine rings is 1. The van der Waals surface area contributed by atoms with Crippen LogP contribution in [0.3, 0.4) is 0 Å². The van der Waals surface area contributed by atoms with Crippen LogP contribution in [0, 0.1) is 0 Å². The molecular formula is C16H23N3O2. The van der Waals surface area contributed by atoms with Crippen LogP contribution in [-0.4, -0.2) is 48.6 Å². The van der Waals surface area contributed by atoms with E-state index in [0.29, 0.717) is 12.2 Å². The van der Waals surface area contributed by atoms with Gasteiger partial charge in [-0.1, -0.05) is 12.8 Å². The predicted molar refractivity (Wildman–Crippen MR) is 80.2 cm³/mol. The van der Waals surface area contributed by atoms with E-state index in [1.54, 1.807) is 6.20 Å². The number of hydrogen-bond acceptors (Lipinski definition) is 4. The van der Waals surface area contributed by atoms with Crippen LogP contribution in [0.1, 0.15) is 47.8 Å². The number of amides is 1. The lowest BCUT2D eigenvalue weighted by molar-refractivity contribution is 0.0250. The molecule has 0 spiro atoms. The molecule has 1 atom stereocenters. The zero-order valence-corrected chi connectivity index (χ0v) is 12.4. The fraction of sp³-hybridized carbons (Fsp3) is 0.625. The smallest absolute Gasteiger partial charge is 0.255 e. The molecule has 2 fully saturated rings. The van der Waals surface area contributed by atoms with Crippen molar-refractivity contribution in [1.82, 2.24) is 15.2 Å². The van der Waals surface area contributed by atoms with Crippen molar-refractivity contribution in [3.8, 4) is 0 Å². The van der Waals surface area contributed by atoms with Crippen LogP contribution >= 0.6 is 0 Å². The van der Waals surface area contributed by atoms with Crippen LogP contribution in [-0.2, 0) is 4.74 Å². The fourth-order valence-electron chi connectivity index (χ4n) is 2.93. The van der Waals surface area contributed by atoms with E-state index in [4.69, 9.17) is 4.74 Å². The molecule has 0 bridgehead atoms. The Hall–Kier alpha value is -1.46. The minimum atomic E-state index is 0.00101. The summed E-state index contributed by atoms with van der Waals surface area (Å²) in [6.45, 7) is 4.13. The molecule has 3 heterocycles. The molecule has 0 radical (unpaired) electrons. The van der Waals surface area contributed by atoms with Crippen molar-refractivity contribution >= 4 is 5.91 Å². The maximum atomic E-state index is 12.5. The lowest BCUT2D eigenvalue weighted by Crippen LogP contribution is -2.34. The largest absolute Gasteiger partial charge is 0.369 e. The number of nitrogens with zero attached hydrogens (tertiary/aromatic N) is 2. The van der Waals surface area contributed by atoms with E-state index in [2.05, 4.69) is 10.3 Å². The van der Waals surface area contributed by atoms with Crippen LogP contribution in [0.4, 0.5) is 0 Å². The summed E-state index contributed by atoms with van der Waals surface area (Å²) in [4.78, 5) is 18.9. The lowest BCUT2D eigenvalue weighted by atomic mass is 10.1. The van der Waals surface area contributed by atoms with E-state index < -0.39 is 0 Å². The Morgan fingerprint density at radius 2 is 2.05 bits per heavy atom. The lowest BCUT2D eigenvalue weighted by Gasteiger charge is -2.23. The monoisotopic (exact) mass is 289 g/mol. The number of nitrogens with one attached hydrogen (secondary N) is 1. The SMILES string of the molecule is O=C(c1ccc(C2CNCCO2)nc1)N1CCCCCC1. The molecule has 2 saturated heterocycles. The highest BCUT2D eigenvalue weighted by Gasteiger charge is 2.20. The first-order valence-electron chi connectivity index (χ1n) is 7.92. The number of carbonyl (C=O) groups is 1. The van der Waals surface area contributed by atoms with E-state index in [1.807, 2.05) is 17.0 Å². The topological polar surface area (TPSA) is 54.5 Å². The van der Waals surface area contributed by atoms with Crippen molar-refractivity contribution in [2.45, 2.75) is 31.8 Å². The Balaban J connectivity index is 1.66. The third-order valence-electron chi connectivity index (χ3n) is 4.18. The molecule has 5 nitrogen and oxygen atoms in total. The molecule has 0 aliphatic carbocycles. The molecule has 2 aliphatic heterocycles. The Morgan fingerprint density at radius 1 is 1.24 bits per heavy atom. The minimum Gasteiger partial charge on any atom is -0.369 e. The first kappa shape index (κ1) is 14.5. The maximum Gasteiger partial charge on any atom is 0.255 e. The van der Waals surface area contributed by atoms with E-state index >= 15 is 0 Å². The number of ether oxygens (including phenoxy) is 1. The van der Waals surface area contributed by atoms with Crippen LogP contribution in [0.5, 0.6) is 0 Å². The number of rotatable bonds is 2. The van der Waals surface area contributed by atoms with Gasteiger partial charge in [0.2, 0.25) is 0 Å². The number of aromatic nitrogens is 1. The van der Waals surface area contributed by atoms with Crippen molar-refractivity contribution < 1.29 is 9.53 Å². The van der Waals surface area contributed by atoms with Crippen LogP contribution in [0.15, 0.2) is 18.3 Å². The molecule has 2 aliphatic rings. The summed E-state index contributed by atoms with van der Waals surface area (Å²) in [6.07, 6.45) is 6.37. The molecule has 1 aromatic rings. The molecule has 0 saturated carbocycles. The average Bonchev–Trinajstić information content (AvgIpc) is 2.84. The van der Waals surface area contributed by atoms with Gasteiger partial charge in [0.1, 0.15) is 6.10 Å². The van der Waals surface area contributed by atoms with Gasteiger partial charge in [-0.05, 0) is 25.0 Å². The van der Waals surface area contributed by atoms with Crippen LogP contribution < -0.4 is 5.32 Å². The van der Waals surface area contributed by atoms with Gasteiger partial charge >= 0.3 is 0 Å². The van der Waals surface area contributed by atoms with Crippen molar-refractivity contribution in [1.29, 1.82) is 0 Å². The van der Waals surface area contributed by atoms with E-state index in [9.17, 15) is 4.79 Å². The number of pyridine rings is 1. The highest BCUT2D eigenvalue weighted by atomic mass is 16.5. The minimum absolute atomic E-state index is 0.00101. The van der Waals surface area contributed by atoms with Gasteiger partial charge in [-0.3, -0.25) is 9.78 Å². The standard InChI is InChI=1S/C16H23N3O2/c20-16(19-8-3-1-2-4-9-19)13-5-6-14(18-11-13)15-12-17-7-10-21-15/h5-6,11,15,17H,1-4,7-10,12H2. The second kappa shape index (κ2) is 7.00. The van der Waals surface area contributed by atoms with Crippen molar-refractivity contribution in [2.24, 2.45) is 0 Å². The Labute approximate surface area is 125 Å². The molecule has 5 heteroatoms. The van der Waals surface area contributed by atoms with Gasteiger partial charge in [-0.2, -0.15) is 0 Å². The number of likely N-dealkylation sites (tertiary alicyclic amines) is 1. The first-order chi connectivity index (χ1) is 10.3. The second-order valence-electron chi connectivity index (χ2n) is 5.74. The highest BCUT2D eigenvalue weighted by Crippen LogP contribution is 2.18. The summed E-state index contributed by atoms with van der Waals surface area (Å²) in [5, 5.41) is 3.29. The molecule has 114 valence electrons. The summed E-state index contributed by atoms with van der Waals surface area (Å²) in [6, 6.07) is 3.80. The molecule has 1 amide bonds. The van der Waals surface area contributed by atoms with E-state index in [0.717, 1.165) is 44.7 Å². The van der Waals surface area contributed by atoms with Gasteiger partial charge in [0.15, 0.2) is 0 Å². The van der Waals surface area contributed by atoms with E-state index in [1.165, 1.54) is 12.8 Å². The zero-order valence-electron chi connectivity index (χ0n) is 12.4. The predicted octanol–water partition coefficient (Wildman–Crippen LogP) is 1.76. The average molecular weight is 289 g/mol. The van der Waals surface area contributed by atoms with Gasteiger partial charge in [0.25, 0.3) is 5.91 Å². The molecule has 1 N–H and O–H groups in total. The van der Waals surface area contributed by atoms with Gasteiger partial charge in [0.05, 0.1) is 17.9 Å². The van der Waals surface area contributed by atoms with Crippen LogP contribution in [0.2, 0.25) is 0 Å². The normalized spacial score (nSPS) is 23.6. The second-order valence-corrected chi connectivity index (χ2v) is 5.74. The molecule has 0 aromatic carbocycles. The molecule has 1 unspecified atom stereocenters. The Kier molecular flexibility index (Phi) is 4.83. The summed E-state index contributed by atoms with van der Waals surface area (Å²) in [5.41, 5.74) is 1.58. The molecule has 1 aromatic heterocycles. The van der Waals surface area contributed by atoms with Crippen LogP contribution in [0.25, 0.3) is 0 Å². The third-order valence-corrected chi connectivity index (χ3v) is 4.18. The van der Waals surface area contributed by atoms with Gasteiger partial charge in [-0.15, -0.1) is 0 Å². The molecule has 21 heavy (non-hydrogen) atoms. The van der Waals surface area contributed by atoms with Gasteiger partial charge in [0, 0.05) is 32.4 Å². The van der Waals surface area contributed by atoms with Crippen molar-refractivity contribution in [2.75, 3.05) is 32.8 Å². The summed E-state index contributed by atoms with van der Waals surface area (Å²) in [5.74, 6) is 0.110. The summed E-state index contributed by atoms with van der Waals surface area (Å²) < 4.78 is 5.68. The summed E-state index contributed by atoms with van der Waals surface area (Å²) in [7, 11) is 0.